The van der Waals surface area contributed by atoms with Gasteiger partial charge >= 0.3 is 17.9 Å². The van der Waals surface area contributed by atoms with Gasteiger partial charge in [-0.15, -0.1) is 0 Å². The third-order valence-corrected chi connectivity index (χ3v) is 6.08. The quantitative estimate of drug-likeness (QED) is 0.388. The van der Waals surface area contributed by atoms with Gasteiger partial charge in [-0.25, -0.2) is 0 Å². The van der Waals surface area contributed by atoms with Crippen molar-refractivity contribution >= 4 is 29.7 Å². The largest absolute Gasteiger partial charge is 0.463 e. The van der Waals surface area contributed by atoms with E-state index in [0.717, 1.165) is 10.5 Å². The molecule has 0 saturated carbocycles. The summed E-state index contributed by atoms with van der Waals surface area (Å²) >= 11 is 1.34. The van der Waals surface area contributed by atoms with Crippen LogP contribution in [0.4, 0.5) is 0 Å². The highest BCUT2D eigenvalue weighted by Crippen LogP contribution is 2.37. The first-order valence-corrected chi connectivity index (χ1v) is 11.7. The molecule has 0 bridgehead atoms. The summed E-state index contributed by atoms with van der Waals surface area (Å²) < 4.78 is 28.8. The van der Waals surface area contributed by atoms with E-state index in [9.17, 15) is 14.4 Å². The van der Waals surface area contributed by atoms with Crippen molar-refractivity contribution in [2.75, 3.05) is 6.61 Å². The number of esters is 3. The van der Waals surface area contributed by atoms with Crippen molar-refractivity contribution < 1.29 is 38.1 Å². The highest BCUT2D eigenvalue weighted by molar-refractivity contribution is 7.99. The van der Waals surface area contributed by atoms with Gasteiger partial charge < -0.3 is 23.7 Å². The summed E-state index contributed by atoms with van der Waals surface area (Å²) in [5, 5.41) is 0. The molecule has 0 unspecified atom stereocenters. The summed E-state index contributed by atoms with van der Waals surface area (Å²) in [4.78, 5) is 36.4. The van der Waals surface area contributed by atoms with E-state index >= 15 is 0 Å². The molecule has 0 aliphatic carbocycles. The van der Waals surface area contributed by atoms with Crippen LogP contribution in [0.25, 0.3) is 0 Å². The number of carbonyl (C=O) groups excluding carboxylic acids is 3. The van der Waals surface area contributed by atoms with Crippen molar-refractivity contribution in [3.8, 4) is 0 Å². The number of carbonyl (C=O) groups is 3. The van der Waals surface area contributed by atoms with Gasteiger partial charge in [-0.05, 0) is 17.7 Å². The van der Waals surface area contributed by atoms with Crippen molar-refractivity contribution in [1.82, 2.24) is 0 Å². The molecule has 1 heterocycles. The van der Waals surface area contributed by atoms with E-state index < -0.39 is 47.8 Å². The molecule has 5 atom stereocenters. The van der Waals surface area contributed by atoms with Gasteiger partial charge in [0.2, 0.25) is 0 Å². The molecule has 1 fully saturated rings. The minimum atomic E-state index is -0.975. The van der Waals surface area contributed by atoms with Crippen LogP contribution in [-0.4, -0.2) is 54.4 Å². The standard InChI is InChI=1S/C25H28O8S/c1-16(26)29-15-21-22(31-17(2)27)23(30-14-19-10-6-4-7-11-19)24(32-18(3)28)25(33-21)34-20-12-8-5-9-13-20/h4-13,21-25H,14-15H2,1-3H3/t21-,22+,23-,24+,25-/m0/s1. The Bertz CT molecular complexity index is 952. The van der Waals surface area contributed by atoms with E-state index in [4.69, 9.17) is 23.7 Å². The summed E-state index contributed by atoms with van der Waals surface area (Å²) in [5.41, 5.74) is 0.181. The maximum atomic E-state index is 12.0. The molecule has 9 heteroatoms. The molecule has 2 aromatic carbocycles. The van der Waals surface area contributed by atoms with Gasteiger partial charge in [-0.2, -0.15) is 0 Å². The van der Waals surface area contributed by atoms with Crippen molar-refractivity contribution in [2.24, 2.45) is 0 Å². The molecule has 1 aliphatic heterocycles. The third-order valence-electron chi connectivity index (χ3n) is 4.93. The lowest BCUT2D eigenvalue weighted by atomic mass is 9.99. The Morgan fingerprint density at radius 3 is 1.97 bits per heavy atom. The fourth-order valence-electron chi connectivity index (χ4n) is 3.55. The van der Waals surface area contributed by atoms with Gasteiger partial charge in [-0.1, -0.05) is 60.3 Å². The van der Waals surface area contributed by atoms with Crippen molar-refractivity contribution in [3.05, 3.63) is 66.2 Å². The first-order chi connectivity index (χ1) is 16.3. The van der Waals surface area contributed by atoms with E-state index in [1.807, 2.05) is 60.7 Å². The van der Waals surface area contributed by atoms with Crippen molar-refractivity contribution in [2.45, 2.75) is 62.1 Å². The molecule has 0 radical (unpaired) electrons. The Morgan fingerprint density at radius 1 is 0.794 bits per heavy atom. The van der Waals surface area contributed by atoms with Crippen LogP contribution in [0.2, 0.25) is 0 Å². The zero-order valence-electron chi connectivity index (χ0n) is 19.2. The van der Waals surface area contributed by atoms with E-state index in [1.54, 1.807) is 0 Å². The number of rotatable bonds is 9. The Labute approximate surface area is 202 Å². The highest BCUT2D eigenvalue weighted by atomic mass is 32.2. The Hall–Kier alpha value is -2.88. The van der Waals surface area contributed by atoms with Crippen LogP contribution in [0, 0.1) is 0 Å². The van der Waals surface area contributed by atoms with Crippen LogP contribution in [0.15, 0.2) is 65.6 Å². The number of thioether (sulfide) groups is 1. The molecule has 34 heavy (non-hydrogen) atoms. The monoisotopic (exact) mass is 488 g/mol. The van der Waals surface area contributed by atoms with E-state index in [-0.39, 0.29) is 13.2 Å². The number of hydrogen-bond acceptors (Lipinski definition) is 9. The zero-order chi connectivity index (χ0) is 24.5. The van der Waals surface area contributed by atoms with Gasteiger partial charge in [0.05, 0.1) is 6.61 Å². The fourth-order valence-corrected chi connectivity index (χ4v) is 4.67. The Kier molecular flexibility index (Phi) is 9.50. The van der Waals surface area contributed by atoms with Crippen LogP contribution in [0.5, 0.6) is 0 Å². The van der Waals surface area contributed by atoms with Crippen molar-refractivity contribution in [3.63, 3.8) is 0 Å². The van der Waals surface area contributed by atoms with Crippen molar-refractivity contribution in [1.29, 1.82) is 0 Å². The van der Waals surface area contributed by atoms with Crippen LogP contribution in [-0.2, 0) is 44.7 Å². The molecule has 0 amide bonds. The molecule has 0 N–H and O–H groups in total. The third kappa shape index (κ3) is 7.58. The lowest BCUT2D eigenvalue weighted by Crippen LogP contribution is -2.61. The molecule has 8 nitrogen and oxygen atoms in total. The molecule has 0 spiro atoms. The number of benzene rings is 2. The molecule has 3 rings (SSSR count). The Morgan fingerprint density at radius 2 is 1.38 bits per heavy atom. The second-order valence-corrected chi connectivity index (χ2v) is 8.86. The summed E-state index contributed by atoms with van der Waals surface area (Å²) in [6.07, 6.45) is -3.58. The van der Waals surface area contributed by atoms with Crippen LogP contribution in [0.1, 0.15) is 26.3 Å². The van der Waals surface area contributed by atoms with E-state index in [0.29, 0.717) is 0 Å². The smallest absolute Gasteiger partial charge is 0.303 e. The minimum absolute atomic E-state index is 0.156. The molecule has 1 saturated heterocycles. The molecule has 1 aliphatic rings. The van der Waals surface area contributed by atoms with Gasteiger partial charge in [-0.3, -0.25) is 14.4 Å². The zero-order valence-corrected chi connectivity index (χ0v) is 20.1. The van der Waals surface area contributed by atoms with Gasteiger partial charge in [0.15, 0.2) is 12.2 Å². The summed E-state index contributed by atoms with van der Waals surface area (Å²) in [6.45, 7) is 3.87. The van der Waals surface area contributed by atoms with Gasteiger partial charge in [0.1, 0.15) is 24.3 Å². The predicted octanol–water partition coefficient (Wildman–Crippen LogP) is 3.52. The SMILES string of the molecule is CC(=O)OC[C@@H]1O[C@@H](Sc2ccccc2)[C@H](OC(C)=O)[C@@H](OCc2ccccc2)[C@@H]1OC(C)=O. The predicted molar refractivity (Wildman–Crippen MR) is 124 cm³/mol. The second-order valence-electron chi connectivity index (χ2n) is 7.69. The number of hydrogen-bond donors (Lipinski definition) is 0. The molecule has 182 valence electrons. The minimum Gasteiger partial charge on any atom is -0.463 e. The maximum absolute atomic E-state index is 12.0. The summed E-state index contributed by atoms with van der Waals surface area (Å²) in [5.74, 6) is -1.59. The van der Waals surface area contributed by atoms with Crippen LogP contribution >= 0.6 is 11.8 Å². The van der Waals surface area contributed by atoms with Crippen LogP contribution < -0.4 is 0 Å². The van der Waals surface area contributed by atoms with Gasteiger partial charge in [0, 0.05) is 25.7 Å². The molecular formula is C25H28O8S. The lowest BCUT2D eigenvalue weighted by Gasteiger charge is -2.44. The van der Waals surface area contributed by atoms with Gasteiger partial charge in [0.25, 0.3) is 0 Å². The first kappa shape index (κ1) is 25.7. The number of ether oxygens (including phenoxy) is 5. The second kappa shape index (κ2) is 12.5. The lowest BCUT2D eigenvalue weighted by molar-refractivity contribution is -0.241. The highest BCUT2D eigenvalue weighted by Gasteiger charge is 2.51. The average Bonchev–Trinajstić information content (AvgIpc) is 2.80. The average molecular weight is 489 g/mol. The summed E-state index contributed by atoms with van der Waals surface area (Å²) in [7, 11) is 0. The molecule has 2 aromatic rings. The summed E-state index contributed by atoms with van der Waals surface area (Å²) in [6, 6.07) is 18.9. The normalized spacial score (nSPS) is 24.1. The molecule has 0 aromatic heterocycles. The maximum Gasteiger partial charge on any atom is 0.303 e. The fraction of sp³-hybridized carbons (Fsp3) is 0.400. The van der Waals surface area contributed by atoms with Crippen LogP contribution in [0.3, 0.4) is 0 Å². The Balaban J connectivity index is 1.95. The molecular weight excluding hydrogens is 460 g/mol. The van der Waals surface area contributed by atoms with E-state index in [2.05, 4.69) is 0 Å². The first-order valence-electron chi connectivity index (χ1n) is 10.8. The topological polar surface area (TPSA) is 97.4 Å². The van der Waals surface area contributed by atoms with E-state index in [1.165, 1.54) is 32.5 Å².